The van der Waals surface area contributed by atoms with E-state index in [4.69, 9.17) is 4.74 Å². The van der Waals surface area contributed by atoms with Crippen LogP contribution in [0.3, 0.4) is 0 Å². The highest BCUT2D eigenvalue weighted by atomic mass is 16.5. The zero-order valence-corrected chi connectivity index (χ0v) is 13.1. The lowest BCUT2D eigenvalue weighted by molar-refractivity contribution is -0.124. The second kappa shape index (κ2) is 8.03. The number of benzene rings is 1. The Morgan fingerprint density at radius 2 is 1.95 bits per heavy atom. The van der Waals surface area contributed by atoms with Crippen molar-refractivity contribution < 1.29 is 9.53 Å². The number of ether oxygens (including phenoxy) is 1. The number of carbonyl (C=O) groups excluding carboxylic acids is 1. The average molecular weight is 290 g/mol. The summed E-state index contributed by atoms with van der Waals surface area (Å²) in [5.41, 5.74) is 1.31. The van der Waals surface area contributed by atoms with Gasteiger partial charge in [0.25, 0.3) is 5.91 Å². The van der Waals surface area contributed by atoms with Gasteiger partial charge in [-0.1, -0.05) is 25.5 Å². The summed E-state index contributed by atoms with van der Waals surface area (Å²) < 4.78 is 5.54. The Kier molecular flexibility index (Phi) is 6.05. The molecule has 1 amide bonds. The molecule has 0 atom stereocenters. The van der Waals surface area contributed by atoms with Crippen LogP contribution in [0.25, 0.3) is 0 Å². The van der Waals surface area contributed by atoms with Crippen molar-refractivity contribution in [3.8, 4) is 5.75 Å². The van der Waals surface area contributed by atoms with Crippen molar-refractivity contribution in [2.75, 3.05) is 26.7 Å². The first-order valence-electron chi connectivity index (χ1n) is 7.87. The topological polar surface area (TPSA) is 41.6 Å². The zero-order valence-electron chi connectivity index (χ0n) is 13.1. The molecule has 0 unspecified atom stereocenters. The van der Waals surface area contributed by atoms with E-state index >= 15 is 0 Å². The summed E-state index contributed by atoms with van der Waals surface area (Å²) in [4.78, 5) is 14.2. The third-order valence-corrected chi connectivity index (χ3v) is 3.92. The van der Waals surface area contributed by atoms with E-state index in [1.54, 1.807) is 0 Å². The molecule has 0 radical (unpaired) electrons. The molecule has 1 fully saturated rings. The molecule has 0 aliphatic carbocycles. The summed E-state index contributed by atoms with van der Waals surface area (Å²) in [6, 6.07) is 8.30. The Labute approximate surface area is 127 Å². The van der Waals surface area contributed by atoms with E-state index < -0.39 is 0 Å². The normalized spacial score (nSPS) is 16.7. The van der Waals surface area contributed by atoms with Crippen LogP contribution in [0.15, 0.2) is 24.3 Å². The lowest BCUT2D eigenvalue weighted by Crippen LogP contribution is -2.44. The second-order valence-electron chi connectivity index (χ2n) is 5.83. The van der Waals surface area contributed by atoms with E-state index in [9.17, 15) is 4.79 Å². The summed E-state index contributed by atoms with van der Waals surface area (Å²) in [5, 5.41) is 3.05. The minimum absolute atomic E-state index is 0.0258. The predicted octanol–water partition coefficient (Wildman–Crippen LogP) is 2.23. The van der Waals surface area contributed by atoms with Crippen LogP contribution in [0.4, 0.5) is 0 Å². The molecule has 1 aromatic rings. The van der Waals surface area contributed by atoms with Gasteiger partial charge in [-0.15, -0.1) is 0 Å². The molecule has 0 bridgehead atoms. The maximum atomic E-state index is 11.9. The minimum Gasteiger partial charge on any atom is -0.484 e. The Balaban J connectivity index is 1.71. The summed E-state index contributed by atoms with van der Waals surface area (Å²) in [6.45, 7) is 4.35. The molecule has 1 N–H and O–H groups in total. The third-order valence-electron chi connectivity index (χ3n) is 3.92. The molecule has 4 nitrogen and oxygen atoms in total. The Morgan fingerprint density at radius 3 is 2.57 bits per heavy atom. The molecule has 21 heavy (non-hydrogen) atoms. The number of carbonyl (C=O) groups is 1. The highest BCUT2D eigenvalue weighted by molar-refractivity contribution is 5.77. The monoisotopic (exact) mass is 290 g/mol. The smallest absolute Gasteiger partial charge is 0.258 e. The number of nitrogens with zero attached hydrogens (tertiary/aromatic N) is 1. The first kappa shape index (κ1) is 15.8. The molecule has 1 aliphatic rings. The van der Waals surface area contributed by atoms with Gasteiger partial charge < -0.3 is 15.0 Å². The van der Waals surface area contributed by atoms with Crippen LogP contribution in [0.1, 0.15) is 31.7 Å². The molecule has 0 spiro atoms. The van der Waals surface area contributed by atoms with Crippen molar-refractivity contribution in [3.63, 3.8) is 0 Å². The molecule has 1 saturated heterocycles. The number of amides is 1. The summed E-state index contributed by atoms with van der Waals surface area (Å²) in [7, 11) is 2.11. The van der Waals surface area contributed by atoms with Gasteiger partial charge >= 0.3 is 0 Å². The molecule has 1 aromatic carbocycles. The number of rotatable bonds is 6. The highest BCUT2D eigenvalue weighted by Gasteiger charge is 2.18. The van der Waals surface area contributed by atoms with E-state index in [-0.39, 0.29) is 12.5 Å². The van der Waals surface area contributed by atoms with Crippen molar-refractivity contribution in [2.45, 2.75) is 38.6 Å². The SMILES string of the molecule is CCCc1ccc(OCC(=O)NC2CCN(C)CC2)cc1. The van der Waals surface area contributed by atoms with Gasteiger partial charge in [-0.3, -0.25) is 4.79 Å². The van der Waals surface area contributed by atoms with E-state index in [2.05, 4.69) is 36.3 Å². The van der Waals surface area contributed by atoms with Crippen LogP contribution in [-0.4, -0.2) is 43.6 Å². The average Bonchev–Trinajstić information content (AvgIpc) is 2.49. The lowest BCUT2D eigenvalue weighted by Gasteiger charge is -2.29. The van der Waals surface area contributed by atoms with Crippen molar-refractivity contribution in [1.29, 1.82) is 0 Å². The molecule has 0 saturated carbocycles. The van der Waals surface area contributed by atoms with E-state index in [1.165, 1.54) is 5.56 Å². The predicted molar refractivity (Wildman–Crippen MR) is 84.6 cm³/mol. The van der Waals surface area contributed by atoms with Gasteiger partial charge in [0.05, 0.1) is 0 Å². The van der Waals surface area contributed by atoms with Gasteiger partial charge in [0.15, 0.2) is 6.61 Å². The zero-order chi connectivity index (χ0) is 15.1. The maximum absolute atomic E-state index is 11.9. The fourth-order valence-electron chi connectivity index (χ4n) is 2.61. The molecular weight excluding hydrogens is 264 g/mol. The van der Waals surface area contributed by atoms with Crippen LogP contribution >= 0.6 is 0 Å². The van der Waals surface area contributed by atoms with Gasteiger partial charge in [0.1, 0.15) is 5.75 Å². The fourth-order valence-corrected chi connectivity index (χ4v) is 2.61. The van der Waals surface area contributed by atoms with Crippen molar-refractivity contribution in [3.05, 3.63) is 29.8 Å². The molecule has 1 heterocycles. The first-order chi connectivity index (χ1) is 10.2. The van der Waals surface area contributed by atoms with Gasteiger partial charge in [-0.2, -0.15) is 0 Å². The second-order valence-corrected chi connectivity index (χ2v) is 5.83. The highest BCUT2D eigenvalue weighted by Crippen LogP contribution is 2.13. The standard InChI is InChI=1S/C17H26N2O2/c1-3-4-14-5-7-16(8-6-14)21-13-17(20)18-15-9-11-19(2)12-10-15/h5-8,15H,3-4,9-13H2,1-2H3,(H,18,20). The number of hydrogen-bond acceptors (Lipinski definition) is 3. The van der Waals surface area contributed by atoms with Gasteiger partial charge in [-0.25, -0.2) is 0 Å². The van der Waals surface area contributed by atoms with Crippen molar-refractivity contribution in [2.24, 2.45) is 0 Å². The minimum atomic E-state index is -0.0258. The number of hydrogen-bond donors (Lipinski definition) is 1. The largest absolute Gasteiger partial charge is 0.484 e. The number of likely N-dealkylation sites (tertiary alicyclic amines) is 1. The van der Waals surface area contributed by atoms with Crippen LogP contribution < -0.4 is 10.1 Å². The molecule has 0 aromatic heterocycles. The molecule has 4 heteroatoms. The number of aryl methyl sites for hydroxylation is 1. The maximum Gasteiger partial charge on any atom is 0.258 e. The van der Waals surface area contributed by atoms with Crippen LogP contribution in [0.2, 0.25) is 0 Å². The molecule has 2 rings (SSSR count). The Morgan fingerprint density at radius 1 is 1.29 bits per heavy atom. The molecular formula is C17H26N2O2. The number of piperidine rings is 1. The van der Waals surface area contributed by atoms with E-state index in [0.717, 1.165) is 44.5 Å². The first-order valence-corrected chi connectivity index (χ1v) is 7.87. The number of nitrogens with one attached hydrogen (secondary N) is 1. The Hall–Kier alpha value is -1.55. The van der Waals surface area contributed by atoms with Gasteiger partial charge in [0, 0.05) is 6.04 Å². The van der Waals surface area contributed by atoms with Crippen molar-refractivity contribution >= 4 is 5.91 Å². The summed E-state index contributed by atoms with van der Waals surface area (Å²) in [5.74, 6) is 0.732. The lowest BCUT2D eigenvalue weighted by atomic mass is 10.1. The van der Waals surface area contributed by atoms with Gasteiger partial charge in [0.2, 0.25) is 0 Å². The van der Waals surface area contributed by atoms with E-state index in [0.29, 0.717) is 6.04 Å². The molecule has 1 aliphatic heterocycles. The van der Waals surface area contributed by atoms with Crippen LogP contribution in [0, 0.1) is 0 Å². The van der Waals surface area contributed by atoms with Crippen molar-refractivity contribution in [1.82, 2.24) is 10.2 Å². The fraction of sp³-hybridized carbons (Fsp3) is 0.588. The Bertz CT molecular complexity index is 437. The van der Waals surface area contributed by atoms with Gasteiger partial charge in [-0.05, 0) is 57.1 Å². The quantitative estimate of drug-likeness (QED) is 0.873. The third kappa shape index (κ3) is 5.38. The van der Waals surface area contributed by atoms with Crippen LogP contribution in [-0.2, 0) is 11.2 Å². The van der Waals surface area contributed by atoms with E-state index in [1.807, 2.05) is 12.1 Å². The van der Waals surface area contributed by atoms with Crippen LogP contribution in [0.5, 0.6) is 5.75 Å². The molecule has 116 valence electrons. The summed E-state index contributed by atoms with van der Waals surface area (Å²) in [6.07, 6.45) is 4.26. The summed E-state index contributed by atoms with van der Waals surface area (Å²) >= 11 is 0.